The summed E-state index contributed by atoms with van der Waals surface area (Å²) in [5.41, 5.74) is 2.28. The van der Waals surface area contributed by atoms with Gasteiger partial charge in [0.05, 0.1) is 5.69 Å². The van der Waals surface area contributed by atoms with Gasteiger partial charge in [-0.2, -0.15) is 0 Å². The number of hydrogen-bond donors (Lipinski definition) is 1. The fourth-order valence-electron chi connectivity index (χ4n) is 3.08. The summed E-state index contributed by atoms with van der Waals surface area (Å²) in [5.74, 6) is 0.454. The zero-order valence-corrected chi connectivity index (χ0v) is 17.2. The molecule has 4 rings (SSSR count). The van der Waals surface area contributed by atoms with E-state index in [4.69, 9.17) is 16.3 Å². The summed E-state index contributed by atoms with van der Waals surface area (Å²) in [6, 6.07) is 16.8. The lowest BCUT2D eigenvalue weighted by atomic mass is 9.99. The van der Waals surface area contributed by atoms with E-state index in [0.717, 1.165) is 16.8 Å². The minimum absolute atomic E-state index is 0.149. The second-order valence-electron chi connectivity index (χ2n) is 6.19. The van der Waals surface area contributed by atoms with E-state index in [-0.39, 0.29) is 5.56 Å². The minimum Gasteiger partial charge on any atom is -0.463 e. The third-order valence-corrected chi connectivity index (χ3v) is 5.14. The van der Waals surface area contributed by atoms with Crippen LogP contribution in [0.3, 0.4) is 0 Å². The molecule has 142 valence electrons. The molecule has 0 aliphatic carbocycles. The number of aromatic nitrogens is 4. The Morgan fingerprint density at radius 2 is 1.89 bits per heavy atom. The molecule has 8 heteroatoms. The number of hydrogen-bond acceptors (Lipinski definition) is 3. The predicted octanol–water partition coefficient (Wildman–Crippen LogP) is 4.48. The Morgan fingerprint density at radius 3 is 2.54 bits per heavy atom. The van der Waals surface area contributed by atoms with Crippen LogP contribution in [0.2, 0.25) is 5.02 Å². The number of halogens is 2. The van der Waals surface area contributed by atoms with Gasteiger partial charge in [-0.1, -0.05) is 41.9 Å². The van der Waals surface area contributed by atoms with E-state index in [1.54, 1.807) is 27.8 Å². The summed E-state index contributed by atoms with van der Waals surface area (Å²) < 4.78 is 10.0. The third-order valence-electron chi connectivity index (χ3n) is 4.35. The van der Waals surface area contributed by atoms with Crippen molar-refractivity contribution in [3.8, 4) is 11.6 Å². The van der Waals surface area contributed by atoms with Crippen molar-refractivity contribution < 1.29 is 4.74 Å². The van der Waals surface area contributed by atoms with E-state index in [1.807, 2.05) is 55.6 Å². The normalized spacial score (nSPS) is 12.1. The molecule has 0 aliphatic rings. The first-order valence-corrected chi connectivity index (χ1v) is 9.67. The molecule has 0 fully saturated rings. The Labute approximate surface area is 174 Å². The van der Waals surface area contributed by atoms with Gasteiger partial charge in [0.15, 0.2) is 6.10 Å². The molecule has 0 radical (unpaired) electrons. The summed E-state index contributed by atoms with van der Waals surface area (Å²) in [6.45, 7) is 0. The first kappa shape index (κ1) is 18.6. The van der Waals surface area contributed by atoms with E-state index in [1.165, 1.54) is 0 Å². The first-order chi connectivity index (χ1) is 13.5. The minimum atomic E-state index is -0.489. The van der Waals surface area contributed by atoms with Crippen LogP contribution in [-0.2, 0) is 7.05 Å². The highest BCUT2D eigenvalue weighted by molar-refractivity contribution is 9.10. The fraction of sp³-hybridized carbons (Fsp3) is 0.100. The van der Waals surface area contributed by atoms with Crippen LogP contribution in [0, 0.1) is 0 Å². The first-order valence-electron chi connectivity index (χ1n) is 8.50. The highest BCUT2D eigenvalue weighted by atomic mass is 79.9. The fourth-order valence-corrected chi connectivity index (χ4v) is 3.67. The van der Waals surface area contributed by atoms with Crippen LogP contribution < -0.4 is 10.3 Å². The molecule has 0 amide bonds. The summed E-state index contributed by atoms with van der Waals surface area (Å²) in [4.78, 5) is 12.7. The monoisotopic (exact) mass is 458 g/mol. The van der Waals surface area contributed by atoms with E-state index < -0.39 is 6.10 Å². The molecule has 0 saturated carbocycles. The predicted molar refractivity (Wildman–Crippen MR) is 111 cm³/mol. The molecule has 28 heavy (non-hydrogen) atoms. The van der Waals surface area contributed by atoms with Crippen LogP contribution in [0.15, 0.2) is 76.3 Å². The molecular weight excluding hydrogens is 444 g/mol. The third kappa shape index (κ3) is 3.50. The number of aryl methyl sites for hydroxylation is 1. The van der Waals surface area contributed by atoms with Gasteiger partial charge >= 0.3 is 0 Å². The number of ether oxygens (including phenoxy) is 1. The summed E-state index contributed by atoms with van der Waals surface area (Å²) in [6.07, 6.45) is 2.93. The highest BCUT2D eigenvalue weighted by Gasteiger charge is 2.23. The molecular formula is C20H16BrClN4O2. The second kappa shape index (κ2) is 7.69. The number of H-pyrrole nitrogens is 1. The number of para-hydroxylation sites is 1. The number of nitrogens with one attached hydrogen (secondary N) is 1. The van der Waals surface area contributed by atoms with Crippen LogP contribution in [0.25, 0.3) is 5.69 Å². The van der Waals surface area contributed by atoms with Crippen molar-refractivity contribution in [2.75, 3.05) is 0 Å². The van der Waals surface area contributed by atoms with Crippen molar-refractivity contribution in [2.45, 2.75) is 6.10 Å². The van der Waals surface area contributed by atoms with Crippen LogP contribution >= 0.6 is 27.5 Å². The van der Waals surface area contributed by atoms with Gasteiger partial charge in [-0.25, -0.2) is 4.68 Å². The molecule has 0 bridgehead atoms. The average Bonchev–Trinajstić information content (AvgIpc) is 3.29. The summed E-state index contributed by atoms with van der Waals surface area (Å²) >= 11 is 9.38. The molecule has 6 nitrogen and oxygen atoms in total. The maximum atomic E-state index is 12.7. The van der Waals surface area contributed by atoms with Gasteiger partial charge in [-0.15, -0.1) is 5.10 Å². The number of nitrogens with zero attached hydrogens (tertiary/aromatic N) is 3. The lowest BCUT2D eigenvalue weighted by Gasteiger charge is -2.22. The summed E-state index contributed by atoms with van der Waals surface area (Å²) in [7, 11) is 1.81. The van der Waals surface area contributed by atoms with Gasteiger partial charge in [0.25, 0.3) is 5.56 Å². The lowest BCUT2D eigenvalue weighted by Crippen LogP contribution is -2.23. The lowest BCUT2D eigenvalue weighted by molar-refractivity contribution is 0.236. The van der Waals surface area contributed by atoms with Gasteiger partial charge in [0.1, 0.15) is 4.47 Å². The van der Waals surface area contributed by atoms with Crippen molar-refractivity contribution in [3.05, 3.63) is 98.0 Å². The van der Waals surface area contributed by atoms with Crippen LogP contribution in [-0.4, -0.2) is 19.6 Å². The second-order valence-corrected chi connectivity index (χ2v) is 7.48. The molecule has 2 aromatic heterocycles. The molecule has 1 unspecified atom stereocenters. The zero-order valence-electron chi connectivity index (χ0n) is 14.8. The van der Waals surface area contributed by atoms with Gasteiger partial charge in [-0.3, -0.25) is 14.6 Å². The summed E-state index contributed by atoms with van der Waals surface area (Å²) in [5, 5.41) is 7.50. The maximum absolute atomic E-state index is 12.7. The zero-order chi connectivity index (χ0) is 19.7. The van der Waals surface area contributed by atoms with E-state index >= 15 is 0 Å². The number of rotatable bonds is 5. The smallest absolute Gasteiger partial charge is 0.285 e. The van der Waals surface area contributed by atoms with Crippen molar-refractivity contribution in [1.82, 2.24) is 19.6 Å². The largest absolute Gasteiger partial charge is 0.463 e. The molecule has 0 spiro atoms. The van der Waals surface area contributed by atoms with Crippen molar-refractivity contribution >= 4 is 27.5 Å². The number of aromatic amines is 1. The van der Waals surface area contributed by atoms with E-state index in [9.17, 15) is 4.79 Å². The average molecular weight is 460 g/mol. The van der Waals surface area contributed by atoms with E-state index in [0.29, 0.717) is 15.4 Å². The van der Waals surface area contributed by atoms with E-state index in [2.05, 4.69) is 26.1 Å². The maximum Gasteiger partial charge on any atom is 0.285 e. The van der Waals surface area contributed by atoms with Crippen LogP contribution in [0.5, 0.6) is 5.88 Å². The number of benzene rings is 2. The van der Waals surface area contributed by atoms with Crippen LogP contribution in [0.4, 0.5) is 0 Å². The molecule has 1 N–H and O–H groups in total. The molecule has 1 atom stereocenters. The highest BCUT2D eigenvalue weighted by Crippen LogP contribution is 2.32. The van der Waals surface area contributed by atoms with Gasteiger partial charge < -0.3 is 4.74 Å². The Bertz CT molecular complexity index is 1150. The quantitative estimate of drug-likeness (QED) is 0.478. The standard InChI is InChI=1S/C20H16BrClN4O2/c1-25-12-16(21)20(27)26(25)17-5-3-2-4-15(17)19(28-18-10-11-23-24-18)13-6-8-14(22)9-7-13/h2-12,19H,1H3,(H,23,24). The Morgan fingerprint density at radius 1 is 1.14 bits per heavy atom. The molecule has 4 aromatic rings. The Kier molecular flexibility index (Phi) is 5.11. The van der Waals surface area contributed by atoms with Crippen molar-refractivity contribution in [1.29, 1.82) is 0 Å². The molecule has 0 saturated heterocycles. The Balaban J connectivity index is 1.89. The molecule has 2 heterocycles. The Hall–Kier alpha value is -2.77. The van der Waals surface area contributed by atoms with Gasteiger partial charge in [-0.05, 0) is 39.7 Å². The topological polar surface area (TPSA) is 64.8 Å². The van der Waals surface area contributed by atoms with Gasteiger partial charge in [0.2, 0.25) is 5.88 Å². The SMILES string of the molecule is Cn1cc(Br)c(=O)n1-c1ccccc1C(Oc1cc[nH]n1)c1ccc(Cl)cc1. The van der Waals surface area contributed by atoms with Crippen molar-refractivity contribution in [3.63, 3.8) is 0 Å². The molecule has 2 aromatic carbocycles. The van der Waals surface area contributed by atoms with Crippen LogP contribution in [0.1, 0.15) is 17.2 Å². The molecule has 0 aliphatic heterocycles. The van der Waals surface area contributed by atoms with Crippen molar-refractivity contribution in [2.24, 2.45) is 7.05 Å². The van der Waals surface area contributed by atoms with Gasteiger partial charge in [0, 0.05) is 36.1 Å².